The van der Waals surface area contributed by atoms with Gasteiger partial charge in [0.05, 0.1) is 5.69 Å². The van der Waals surface area contributed by atoms with Crippen molar-refractivity contribution < 1.29 is 4.79 Å². The molecule has 1 fully saturated rings. The number of carbonyl (C=O) groups excluding carboxylic acids is 1. The molecular weight excluding hydrogens is 386 g/mol. The van der Waals surface area contributed by atoms with Crippen LogP contribution in [-0.2, 0) is 6.54 Å². The summed E-state index contributed by atoms with van der Waals surface area (Å²) in [5, 5.41) is 8.67. The monoisotopic (exact) mass is 413 g/mol. The highest BCUT2D eigenvalue weighted by atomic mass is 16.2. The highest BCUT2D eigenvalue weighted by Crippen LogP contribution is 2.35. The fraction of sp³-hybridized carbons (Fsp3) is 0.280. The Morgan fingerprint density at radius 2 is 1.97 bits per heavy atom. The summed E-state index contributed by atoms with van der Waals surface area (Å²) in [6, 6.07) is 18.5. The van der Waals surface area contributed by atoms with Crippen LogP contribution in [0.1, 0.15) is 35.6 Å². The topological polar surface area (TPSA) is 66.0 Å². The van der Waals surface area contributed by atoms with E-state index in [1.165, 1.54) is 22.2 Å². The molecule has 6 nitrogen and oxygen atoms in total. The summed E-state index contributed by atoms with van der Waals surface area (Å²) in [7, 11) is 0. The number of nitrogens with zero attached hydrogens (tertiary/aromatic N) is 3. The van der Waals surface area contributed by atoms with E-state index in [2.05, 4.69) is 52.7 Å². The molecule has 1 aliphatic rings. The van der Waals surface area contributed by atoms with Crippen LogP contribution in [0.4, 0.5) is 4.79 Å². The quantitative estimate of drug-likeness (QED) is 0.507. The second-order valence-corrected chi connectivity index (χ2v) is 8.25. The van der Waals surface area contributed by atoms with Gasteiger partial charge in [-0.05, 0) is 61.1 Å². The smallest absolute Gasteiger partial charge is 0.317 e. The molecule has 0 bridgehead atoms. The number of urea groups is 1. The van der Waals surface area contributed by atoms with Gasteiger partial charge in [0.2, 0.25) is 0 Å². The Morgan fingerprint density at radius 3 is 2.77 bits per heavy atom. The van der Waals surface area contributed by atoms with E-state index in [4.69, 9.17) is 0 Å². The molecule has 3 heterocycles. The zero-order valence-electron chi connectivity index (χ0n) is 17.7. The molecule has 0 atom stereocenters. The number of likely N-dealkylation sites (tertiary alicyclic amines) is 1. The van der Waals surface area contributed by atoms with Crippen LogP contribution in [0, 0.1) is 6.92 Å². The number of aryl methyl sites for hydroxylation is 1. The van der Waals surface area contributed by atoms with E-state index in [1.807, 2.05) is 40.0 Å². The van der Waals surface area contributed by atoms with Gasteiger partial charge in [-0.15, -0.1) is 0 Å². The van der Waals surface area contributed by atoms with Gasteiger partial charge in [-0.3, -0.25) is 0 Å². The molecule has 5 rings (SSSR count). The van der Waals surface area contributed by atoms with E-state index in [1.54, 1.807) is 6.20 Å². The second kappa shape index (κ2) is 8.30. The molecular formula is C25H27N5O. The molecule has 0 aliphatic carbocycles. The molecule has 4 aromatic rings. The number of para-hydroxylation sites is 1. The standard InChI is InChI=1S/C25H27N5O/c1-18-24(22-8-2-3-9-23(22)28-18)20-10-14-29(15-11-20)25(31)26-17-19-6-4-7-21(16-19)30-13-5-12-27-30/h2-9,12-13,16,20,28H,10-11,14-15,17H2,1H3,(H,26,31). The Labute approximate surface area is 181 Å². The molecule has 2 aromatic heterocycles. The first-order chi connectivity index (χ1) is 15.2. The Morgan fingerprint density at radius 1 is 1.13 bits per heavy atom. The highest BCUT2D eigenvalue weighted by molar-refractivity contribution is 5.85. The molecule has 158 valence electrons. The summed E-state index contributed by atoms with van der Waals surface area (Å²) in [5.74, 6) is 0.492. The Kier molecular flexibility index (Phi) is 5.20. The number of H-pyrrole nitrogens is 1. The van der Waals surface area contributed by atoms with Crippen molar-refractivity contribution in [3.8, 4) is 5.69 Å². The summed E-state index contributed by atoms with van der Waals surface area (Å²) in [6.45, 7) is 4.23. The van der Waals surface area contributed by atoms with E-state index in [9.17, 15) is 4.79 Å². The van der Waals surface area contributed by atoms with Gasteiger partial charge in [-0.25, -0.2) is 9.48 Å². The van der Waals surface area contributed by atoms with Crippen LogP contribution >= 0.6 is 0 Å². The number of piperidine rings is 1. The van der Waals surface area contributed by atoms with Gasteiger partial charge in [0.25, 0.3) is 0 Å². The lowest BCUT2D eigenvalue weighted by molar-refractivity contribution is 0.181. The van der Waals surface area contributed by atoms with Gasteiger partial charge in [0, 0.05) is 48.6 Å². The first-order valence-electron chi connectivity index (χ1n) is 10.9. The van der Waals surface area contributed by atoms with E-state index < -0.39 is 0 Å². The van der Waals surface area contributed by atoms with Crippen LogP contribution in [0.3, 0.4) is 0 Å². The lowest BCUT2D eigenvalue weighted by atomic mass is 9.87. The van der Waals surface area contributed by atoms with Gasteiger partial charge in [0.15, 0.2) is 0 Å². The molecule has 0 saturated carbocycles. The number of nitrogens with one attached hydrogen (secondary N) is 2. The molecule has 31 heavy (non-hydrogen) atoms. The zero-order valence-corrected chi connectivity index (χ0v) is 17.7. The van der Waals surface area contributed by atoms with Crippen LogP contribution in [-0.4, -0.2) is 38.8 Å². The van der Waals surface area contributed by atoms with Gasteiger partial charge in [-0.2, -0.15) is 5.10 Å². The minimum absolute atomic E-state index is 0.0126. The summed E-state index contributed by atoms with van der Waals surface area (Å²) in [6.07, 6.45) is 5.66. The predicted octanol–water partition coefficient (Wildman–Crippen LogP) is 4.75. The van der Waals surface area contributed by atoms with Crippen molar-refractivity contribution in [3.05, 3.63) is 83.8 Å². The van der Waals surface area contributed by atoms with Gasteiger partial charge < -0.3 is 15.2 Å². The average molecular weight is 414 g/mol. The summed E-state index contributed by atoms with van der Waals surface area (Å²) in [4.78, 5) is 18.2. The second-order valence-electron chi connectivity index (χ2n) is 8.25. The minimum atomic E-state index is 0.0126. The first-order valence-corrected chi connectivity index (χ1v) is 10.9. The number of fused-ring (bicyclic) bond motifs is 1. The van der Waals surface area contributed by atoms with Crippen LogP contribution < -0.4 is 5.32 Å². The molecule has 1 saturated heterocycles. The summed E-state index contributed by atoms with van der Waals surface area (Å²) in [5.41, 5.74) is 5.93. The van der Waals surface area contributed by atoms with Gasteiger partial charge >= 0.3 is 6.03 Å². The Hall–Kier alpha value is -3.54. The largest absolute Gasteiger partial charge is 0.358 e. The zero-order chi connectivity index (χ0) is 21.2. The summed E-state index contributed by atoms with van der Waals surface area (Å²) < 4.78 is 1.82. The van der Waals surface area contributed by atoms with Crippen LogP contribution in [0.15, 0.2) is 67.0 Å². The van der Waals surface area contributed by atoms with Crippen molar-refractivity contribution >= 4 is 16.9 Å². The van der Waals surface area contributed by atoms with Crippen molar-refractivity contribution in [2.45, 2.75) is 32.2 Å². The number of rotatable bonds is 4. The molecule has 2 amide bonds. The van der Waals surface area contributed by atoms with E-state index in [0.717, 1.165) is 37.2 Å². The van der Waals surface area contributed by atoms with Gasteiger partial charge in [-0.1, -0.05) is 30.3 Å². The number of benzene rings is 2. The SMILES string of the molecule is Cc1[nH]c2ccccc2c1C1CCN(C(=O)NCc2cccc(-n3cccn3)c2)CC1. The van der Waals surface area contributed by atoms with E-state index in [-0.39, 0.29) is 6.03 Å². The van der Waals surface area contributed by atoms with Crippen LogP contribution in [0.25, 0.3) is 16.6 Å². The number of aromatic amines is 1. The Balaban J connectivity index is 1.19. The van der Waals surface area contributed by atoms with Crippen molar-refractivity contribution in [1.29, 1.82) is 0 Å². The molecule has 0 unspecified atom stereocenters. The van der Waals surface area contributed by atoms with Crippen molar-refractivity contribution in [3.63, 3.8) is 0 Å². The molecule has 2 aromatic carbocycles. The number of amides is 2. The molecule has 2 N–H and O–H groups in total. The maximum atomic E-state index is 12.7. The van der Waals surface area contributed by atoms with Crippen molar-refractivity contribution in [1.82, 2.24) is 25.0 Å². The lowest BCUT2D eigenvalue weighted by Gasteiger charge is -2.32. The maximum Gasteiger partial charge on any atom is 0.317 e. The van der Waals surface area contributed by atoms with Crippen molar-refractivity contribution in [2.75, 3.05) is 13.1 Å². The third kappa shape index (κ3) is 3.93. The molecule has 1 aliphatic heterocycles. The minimum Gasteiger partial charge on any atom is -0.358 e. The number of carbonyl (C=O) groups is 1. The van der Waals surface area contributed by atoms with Crippen LogP contribution in [0.2, 0.25) is 0 Å². The van der Waals surface area contributed by atoms with E-state index >= 15 is 0 Å². The highest BCUT2D eigenvalue weighted by Gasteiger charge is 2.26. The normalized spacial score (nSPS) is 14.8. The number of aromatic nitrogens is 3. The molecule has 0 radical (unpaired) electrons. The predicted molar refractivity (Wildman–Crippen MR) is 122 cm³/mol. The number of hydrogen-bond donors (Lipinski definition) is 2. The molecule has 0 spiro atoms. The first kappa shape index (κ1) is 19.4. The Bertz CT molecular complexity index is 1190. The van der Waals surface area contributed by atoms with Crippen molar-refractivity contribution in [2.24, 2.45) is 0 Å². The maximum absolute atomic E-state index is 12.7. The third-order valence-corrected chi connectivity index (χ3v) is 6.26. The third-order valence-electron chi connectivity index (χ3n) is 6.26. The van der Waals surface area contributed by atoms with Gasteiger partial charge in [0.1, 0.15) is 0 Å². The number of hydrogen-bond acceptors (Lipinski definition) is 2. The summed E-state index contributed by atoms with van der Waals surface area (Å²) >= 11 is 0. The lowest BCUT2D eigenvalue weighted by Crippen LogP contribution is -2.43. The van der Waals surface area contributed by atoms with Crippen LogP contribution in [0.5, 0.6) is 0 Å². The van der Waals surface area contributed by atoms with E-state index in [0.29, 0.717) is 12.5 Å². The fourth-order valence-corrected chi connectivity index (χ4v) is 4.72. The fourth-order valence-electron chi connectivity index (χ4n) is 4.72. The molecule has 6 heteroatoms. The average Bonchev–Trinajstić information content (AvgIpc) is 3.45.